The number of nitrogens with one attached hydrogen (secondary N) is 2. The summed E-state index contributed by atoms with van der Waals surface area (Å²) in [5.41, 5.74) is -0.573. The zero-order chi connectivity index (χ0) is 15.8. The molecule has 0 aromatic carbocycles. The minimum Gasteiger partial charge on any atom is -0.444 e. The van der Waals surface area contributed by atoms with Crippen LogP contribution in [0, 0.1) is 0 Å². The number of hydrogen-bond donors (Lipinski definition) is 2. The van der Waals surface area contributed by atoms with Crippen molar-refractivity contribution < 1.29 is 19.1 Å². The smallest absolute Gasteiger partial charge is 0.407 e. The van der Waals surface area contributed by atoms with E-state index in [1.807, 2.05) is 6.92 Å². The molecule has 3 amide bonds. The normalized spacial score (nSPS) is 27.0. The lowest BCUT2D eigenvalue weighted by molar-refractivity contribution is -0.144. The van der Waals surface area contributed by atoms with Gasteiger partial charge in [0.05, 0.1) is 18.0 Å². The van der Waals surface area contributed by atoms with E-state index in [1.165, 1.54) is 11.8 Å². The van der Waals surface area contributed by atoms with Crippen LogP contribution in [0.5, 0.6) is 0 Å². The molecule has 2 aliphatic heterocycles. The Labute approximate surface area is 128 Å². The van der Waals surface area contributed by atoms with Crippen molar-refractivity contribution in [2.24, 2.45) is 0 Å². The third-order valence-electron chi connectivity index (χ3n) is 3.21. The van der Waals surface area contributed by atoms with Crippen LogP contribution in [0.3, 0.4) is 0 Å². The summed E-state index contributed by atoms with van der Waals surface area (Å²) in [5, 5.41) is 5.07. The highest BCUT2D eigenvalue weighted by Crippen LogP contribution is 2.32. The zero-order valence-electron chi connectivity index (χ0n) is 12.6. The lowest BCUT2D eigenvalue weighted by Gasteiger charge is -2.35. The maximum absolute atomic E-state index is 12.0. The molecule has 0 aliphatic carbocycles. The van der Waals surface area contributed by atoms with Crippen LogP contribution in [0.4, 0.5) is 4.79 Å². The van der Waals surface area contributed by atoms with Crippen molar-refractivity contribution in [1.82, 2.24) is 15.5 Å². The molecule has 2 fully saturated rings. The van der Waals surface area contributed by atoms with Crippen LogP contribution in [0.15, 0.2) is 0 Å². The molecule has 3 unspecified atom stereocenters. The molecule has 0 saturated carbocycles. The van der Waals surface area contributed by atoms with Crippen LogP contribution >= 0.6 is 11.8 Å². The number of amides is 3. The lowest BCUT2D eigenvalue weighted by atomic mass is 10.1. The molecular formula is C13H21N3O4S. The third kappa shape index (κ3) is 3.61. The molecule has 0 radical (unpaired) electrons. The third-order valence-corrected chi connectivity index (χ3v) is 4.70. The average Bonchev–Trinajstić information content (AvgIpc) is 2.77. The highest BCUT2D eigenvalue weighted by Gasteiger charge is 2.46. The SMILES string of the molecule is CC(NC(=O)OC(C)(C)C)C1SCC2C(=O)NCC(=O)N21. The number of alkyl carbamates (subject to hydrolysis) is 1. The Bertz CT molecular complexity index is 463. The first-order valence-electron chi connectivity index (χ1n) is 6.89. The van der Waals surface area contributed by atoms with E-state index in [-0.39, 0.29) is 29.8 Å². The van der Waals surface area contributed by atoms with Crippen molar-refractivity contribution in [2.75, 3.05) is 12.3 Å². The molecule has 2 heterocycles. The van der Waals surface area contributed by atoms with E-state index >= 15 is 0 Å². The van der Waals surface area contributed by atoms with Crippen molar-refractivity contribution in [2.45, 2.75) is 50.8 Å². The summed E-state index contributed by atoms with van der Waals surface area (Å²) in [6, 6.07) is -0.742. The molecule has 2 aliphatic rings. The number of carbonyl (C=O) groups is 3. The van der Waals surface area contributed by atoms with E-state index in [1.54, 1.807) is 25.7 Å². The average molecular weight is 315 g/mol. The van der Waals surface area contributed by atoms with Crippen LogP contribution in [-0.2, 0) is 14.3 Å². The van der Waals surface area contributed by atoms with Crippen molar-refractivity contribution >= 4 is 29.7 Å². The monoisotopic (exact) mass is 315 g/mol. The predicted molar refractivity (Wildman–Crippen MR) is 78.7 cm³/mol. The van der Waals surface area contributed by atoms with E-state index in [0.717, 1.165) is 0 Å². The topological polar surface area (TPSA) is 87.7 Å². The van der Waals surface area contributed by atoms with Crippen LogP contribution in [-0.4, -0.2) is 58.2 Å². The summed E-state index contributed by atoms with van der Waals surface area (Å²) in [5.74, 6) is 0.296. The summed E-state index contributed by atoms with van der Waals surface area (Å²) in [7, 11) is 0. The molecule has 2 N–H and O–H groups in total. The van der Waals surface area contributed by atoms with Crippen molar-refractivity contribution in [3.05, 3.63) is 0 Å². The van der Waals surface area contributed by atoms with Crippen LogP contribution < -0.4 is 10.6 Å². The van der Waals surface area contributed by atoms with Gasteiger partial charge in [-0.15, -0.1) is 11.8 Å². The van der Waals surface area contributed by atoms with Crippen molar-refractivity contribution in [3.8, 4) is 0 Å². The van der Waals surface area contributed by atoms with E-state index < -0.39 is 17.7 Å². The maximum atomic E-state index is 12.0. The Morgan fingerprint density at radius 3 is 2.76 bits per heavy atom. The van der Waals surface area contributed by atoms with E-state index in [4.69, 9.17) is 4.74 Å². The first-order chi connectivity index (χ1) is 9.69. The van der Waals surface area contributed by atoms with Gasteiger partial charge in [-0.25, -0.2) is 4.79 Å². The molecule has 2 rings (SSSR count). The minimum atomic E-state index is -0.573. The summed E-state index contributed by atoms with van der Waals surface area (Å²) in [6.45, 7) is 7.19. The fraction of sp³-hybridized carbons (Fsp3) is 0.769. The molecule has 8 heteroatoms. The molecule has 0 aromatic heterocycles. The van der Waals surface area contributed by atoms with Crippen molar-refractivity contribution in [3.63, 3.8) is 0 Å². The standard InChI is InChI=1S/C13H21N3O4S/c1-7(15-12(19)20-13(2,3)4)11-16-8(6-21-11)10(18)14-5-9(16)17/h7-8,11H,5-6H2,1-4H3,(H,14,18)(H,15,19). The Morgan fingerprint density at radius 1 is 1.48 bits per heavy atom. The van der Waals surface area contributed by atoms with Crippen LogP contribution in [0.1, 0.15) is 27.7 Å². The quantitative estimate of drug-likeness (QED) is 0.765. The zero-order valence-corrected chi connectivity index (χ0v) is 13.5. The van der Waals surface area contributed by atoms with E-state index in [2.05, 4.69) is 10.6 Å². The van der Waals surface area contributed by atoms with Gasteiger partial charge in [0.2, 0.25) is 11.8 Å². The van der Waals surface area contributed by atoms with Crippen LogP contribution in [0.25, 0.3) is 0 Å². The molecule has 0 aromatic rings. The molecule has 3 atom stereocenters. The van der Waals surface area contributed by atoms with E-state index in [0.29, 0.717) is 5.75 Å². The van der Waals surface area contributed by atoms with Crippen LogP contribution in [0.2, 0.25) is 0 Å². The molecule has 118 valence electrons. The Kier molecular flexibility index (Phi) is 4.36. The second-order valence-corrected chi connectivity index (χ2v) is 7.34. The molecule has 0 bridgehead atoms. The predicted octanol–water partition coefficient (Wildman–Crippen LogP) is 0.300. The number of fused-ring (bicyclic) bond motifs is 1. The number of piperazine rings is 1. The number of carbonyl (C=O) groups excluding carboxylic acids is 3. The summed E-state index contributed by atoms with van der Waals surface area (Å²) >= 11 is 1.50. The molecule has 21 heavy (non-hydrogen) atoms. The van der Waals surface area contributed by atoms with Gasteiger partial charge in [0.1, 0.15) is 11.6 Å². The van der Waals surface area contributed by atoms with Gasteiger partial charge in [0, 0.05) is 5.75 Å². The Balaban J connectivity index is 2.00. The number of nitrogens with zero attached hydrogens (tertiary/aromatic N) is 1. The minimum absolute atomic E-state index is 0.0194. The molecule has 2 saturated heterocycles. The fourth-order valence-corrected chi connectivity index (χ4v) is 3.84. The number of thioether (sulfide) groups is 1. The first-order valence-corrected chi connectivity index (χ1v) is 7.94. The van der Waals surface area contributed by atoms with Gasteiger partial charge in [0.15, 0.2) is 0 Å². The second kappa shape index (κ2) is 5.75. The lowest BCUT2D eigenvalue weighted by Crippen LogP contribution is -2.61. The molecule has 0 spiro atoms. The Morgan fingerprint density at radius 2 is 2.14 bits per heavy atom. The van der Waals surface area contributed by atoms with Gasteiger partial charge in [-0.05, 0) is 27.7 Å². The number of ether oxygens (including phenoxy) is 1. The van der Waals surface area contributed by atoms with Gasteiger partial charge in [-0.3, -0.25) is 9.59 Å². The Hall–Kier alpha value is -1.44. The van der Waals surface area contributed by atoms with Gasteiger partial charge in [-0.1, -0.05) is 0 Å². The number of hydrogen-bond acceptors (Lipinski definition) is 5. The van der Waals surface area contributed by atoms with Gasteiger partial charge >= 0.3 is 6.09 Å². The number of rotatable bonds is 2. The highest BCUT2D eigenvalue weighted by atomic mass is 32.2. The molecular weight excluding hydrogens is 294 g/mol. The first kappa shape index (κ1) is 15.9. The second-order valence-electron chi connectivity index (χ2n) is 6.19. The van der Waals surface area contributed by atoms with E-state index in [9.17, 15) is 14.4 Å². The van der Waals surface area contributed by atoms with Gasteiger partial charge in [0.25, 0.3) is 0 Å². The summed E-state index contributed by atoms with van der Waals surface area (Å²) in [4.78, 5) is 37.2. The van der Waals surface area contributed by atoms with Gasteiger partial charge < -0.3 is 20.3 Å². The molecule has 7 nitrogen and oxygen atoms in total. The summed E-state index contributed by atoms with van der Waals surface area (Å²) < 4.78 is 5.21. The van der Waals surface area contributed by atoms with Crippen molar-refractivity contribution in [1.29, 1.82) is 0 Å². The van der Waals surface area contributed by atoms with Gasteiger partial charge in [-0.2, -0.15) is 0 Å². The fourth-order valence-electron chi connectivity index (χ4n) is 2.37. The summed E-state index contributed by atoms with van der Waals surface area (Å²) in [6.07, 6.45) is -0.520. The highest BCUT2D eigenvalue weighted by molar-refractivity contribution is 8.00. The largest absolute Gasteiger partial charge is 0.444 e. The maximum Gasteiger partial charge on any atom is 0.407 e.